The lowest BCUT2D eigenvalue weighted by molar-refractivity contribution is 0.0786. The maximum atomic E-state index is 12.9. The van der Waals surface area contributed by atoms with Crippen molar-refractivity contribution in [2.24, 2.45) is 5.92 Å². The molecule has 1 aliphatic rings. The largest absolute Gasteiger partial charge is 0.338 e. The van der Waals surface area contributed by atoms with Gasteiger partial charge in [0.2, 0.25) is 0 Å². The molecule has 1 saturated heterocycles. The van der Waals surface area contributed by atoms with Crippen LogP contribution in [0.25, 0.3) is 5.82 Å². The number of carbonyl (C=O) groups excluding carboxylic acids is 1. The number of rotatable bonds is 4. The molecule has 1 amide bonds. The molecule has 0 aliphatic carbocycles. The van der Waals surface area contributed by atoms with E-state index < -0.39 is 0 Å². The molecule has 0 bridgehead atoms. The molecule has 1 N–H and O–H groups in total. The van der Waals surface area contributed by atoms with Gasteiger partial charge in [0, 0.05) is 30.7 Å². The third-order valence-electron chi connectivity index (χ3n) is 4.61. The van der Waals surface area contributed by atoms with Gasteiger partial charge in [-0.2, -0.15) is 0 Å². The SMILES string of the molecule is CNCC1CCN(C(=O)c2cc(C)n(-c3ccccn3)c2C)C1.Cl.Cl. The molecule has 2 aromatic heterocycles. The molecule has 0 aromatic carbocycles. The van der Waals surface area contributed by atoms with Gasteiger partial charge in [0.25, 0.3) is 5.91 Å². The summed E-state index contributed by atoms with van der Waals surface area (Å²) < 4.78 is 2.05. The Balaban J connectivity index is 0.00000156. The Hall–Kier alpha value is -1.56. The minimum atomic E-state index is 0. The number of nitrogens with zero attached hydrogens (tertiary/aromatic N) is 3. The summed E-state index contributed by atoms with van der Waals surface area (Å²) in [6.07, 6.45) is 2.85. The van der Waals surface area contributed by atoms with Crippen LogP contribution in [0.2, 0.25) is 0 Å². The van der Waals surface area contributed by atoms with Gasteiger partial charge in [-0.1, -0.05) is 6.07 Å². The quantitative estimate of drug-likeness (QED) is 0.880. The average molecular weight is 385 g/mol. The van der Waals surface area contributed by atoms with E-state index in [9.17, 15) is 4.79 Å². The highest BCUT2D eigenvalue weighted by Gasteiger charge is 2.28. The number of carbonyl (C=O) groups is 1. The summed E-state index contributed by atoms with van der Waals surface area (Å²) in [7, 11) is 1.96. The van der Waals surface area contributed by atoms with E-state index in [4.69, 9.17) is 0 Å². The molecule has 5 nitrogen and oxygen atoms in total. The summed E-state index contributed by atoms with van der Waals surface area (Å²) in [5.41, 5.74) is 2.79. The first-order valence-electron chi connectivity index (χ1n) is 8.16. The van der Waals surface area contributed by atoms with Crippen LogP contribution >= 0.6 is 24.8 Å². The summed E-state index contributed by atoms with van der Waals surface area (Å²) in [6.45, 7) is 6.67. The maximum absolute atomic E-state index is 12.9. The van der Waals surface area contributed by atoms with Crippen molar-refractivity contribution in [2.45, 2.75) is 20.3 Å². The second-order valence-electron chi connectivity index (χ2n) is 6.27. The topological polar surface area (TPSA) is 50.2 Å². The van der Waals surface area contributed by atoms with Gasteiger partial charge < -0.3 is 14.8 Å². The van der Waals surface area contributed by atoms with Crippen LogP contribution < -0.4 is 5.32 Å². The molecule has 1 fully saturated rings. The van der Waals surface area contributed by atoms with Gasteiger partial charge in [0.05, 0.1) is 5.56 Å². The smallest absolute Gasteiger partial charge is 0.255 e. The van der Waals surface area contributed by atoms with Crippen LogP contribution in [0.3, 0.4) is 0 Å². The van der Waals surface area contributed by atoms with Crippen molar-refractivity contribution < 1.29 is 4.79 Å². The summed E-state index contributed by atoms with van der Waals surface area (Å²) in [4.78, 5) is 19.3. The molecule has 138 valence electrons. The molecule has 3 heterocycles. The maximum Gasteiger partial charge on any atom is 0.255 e. The normalized spacial score (nSPS) is 16.3. The Labute approximate surface area is 161 Å². The fourth-order valence-corrected chi connectivity index (χ4v) is 3.46. The van der Waals surface area contributed by atoms with Crippen LogP contribution in [-0.4, -0.2) is 47.0 Å². The highest BCUT2D eigenvalue weighted by Crippen LogP contribution is 2.24. The van der Waals surface area contributed by atoms with Crippen molar-refractivity contribution in [2.75, 3.05) is 26.7 Å². The second-order valence-corrected chi connectivity index (χ2v) is 6.27. The van der Waals surface area contributed by atoms with Gasteiger partial charge in [-0.25, -0.2) is 4.98 Å². The first-order chi connectivity index (χ1) is 11.1. The average Bonchev–Trinajstić information content (AvgIpc) is 3.13. The predicted octanol–water partition coefficient (Wildman–Crippen LogP) is 3.01. The number of halogens is 2. The van der Waals surface area contributed by atoms with E-state index in [1.54, 1.807) is 6.20 Å². The Kier molecular flexibility index (Phi) is 7.93. The predicted molar refractivity (Wildman–Crippen MR) is 105 cm³/mol. The zero-order valence-electron chi connectivity index (χ0n) is 14.9. The summed E-state index contributed by atoms with van der Waals surface area (Å²) >= 11 is 0. The van der Waals surface area contributed by atoms with E-state index >= 15 is 0 Å². The number of hydrogen-bond acceptors (Lipinski definition) is 3. The van der Waals surface area contributed by atoms with Gasteiger partial charge >= 0.3 is 0 Å². The molecule has 0 spiro atoms. The molecule has 25 heavy (non-hydrogen) atoms. The van der Waals surface area contributed by atoms with E-state index in [0.29, 0.717) is 5.92 Å². The van der Waals surface area contributed by atoms with E-state index in [1.165, 1.54) is 0 Å². The molecule has 3 rings (SSSR count). The first-order valence-corrected chi connectivity index (χ1v) is 8.16. The summed E-state index contributed by atoms with van der Waals surface area (Å²) in [6, 6.07) is 7.81. The molecule has 1 atom stereocenters. The summed E-state index contributed by atoms with van der Waals surface area (Å²) in [5.74, 6) is 1.55. The number of amides is 1. The Morgan fingerprint density at radius 2 is 2.08 bits per heavy atom. The van der Waals surface area contributed by atoms with Crippen molar-refractivity contribution in [3.05, 3.63) is 47.4 Å². The third-order valence-corrected chi connectivity index (χ3v) is 4.61. The lowest BCUT2D eigenvalue weighted by Gasteiger charge is -2.17. The van der Waals surface area contributed by atoms with Crippen molar-refractivity contribution in [1.29, 1.82) is 0 Å². The number of aryl methyl sites for hydroxylation is 1. The minimum Gasteiger partial charge on any atom is -0.338 e. The molecule has 1 unspecified atom stereocenters. The van der Waals surface area contributed by atoms with Gasteiger partial charge in [0.1, 0.15) is 5.82 Å². The fourth-order valence-electron chi connectivity index (χ4n) is 3.46. The minimum absolute atomic E-state index is 0. The zero-order valence-corrected chi connectivity index (χ0v) is 16.5. The first kappa shape index (κ1) is 21.5. The Morgan fingerprint density at radius 1 is 1.32 bits per heavy atom. The Morgan fingerprint density at radius 3 is 2.72 bits per heavy atom. The van der Waals surface area contributed by atoms with Crippen molar-refractivity contribution in [3.8, 4) is 5.82 Å². The monoisotopic (exact) mass is 384 g/mol. The van der Waals surface area contributed by atoms with Gasteiger partial charge in [-0.3, -0.25) is 4.79 Å². The van der Waals surface area contributed by atoms with E-state index in [0.717, 1.165) is 48.8 Å². The van der Waals surface area contributed by atoms with Crippen LogP contribution in [0.15, 0.2) is 30.5 Å². The number of likely N-dealkylation sites (tertiary alicyclic amines) is 1. The van der Waals surface area contributed by atoms with Crippen molar-refractivity contribution >= 4 is 30.7 Å². The lowest BCUT2D eigenvalue weighted by Crippen LogP contribution is -2.30. The van der Waals surface area contributed by atoms with Gasteiger partial charge in [-0.15, -0.1) is 24.8 Å². The molecule has 0 saturated carbocycles. The van der Waals surface area contributed by atoms with Gasteiger partial charge in [-0.05, 0) is 58.0 Å². The lowest BCUT2D eigenvalue weighted by atomic mass is 10.1. The number of pyridine rings is 1. The number of nitrogens with one attached hydrogen (secondary N) is 1. The van der Waals surface area contributed by atoms with E-state index in [2.05, 4.69) is 10.3 Å². The number of aromatic nitrogens is 2. The van der Waals surface area contributed by atoms with Crippen LogP contribution in [0.5, 0.6) is 0 Å². The standard InChI is InChI=1S/C18H24N4O.2ClH/c1-13-10-16(14(2)22(13)17-6-4-5-8-20-17)18(23)21-9-7-15(12-21)11-19-3;;/h4-6,8,10,15,19H,7,9,11-12H2,1-3H3;2*1H. The Bertz CT molecular complexity index is 703. The highest BCUT2D eigenvalue weighted by atomic mass is 35.5. The molecule has 1 aliphatic heterocycles. The molecule has 0 radical (unpaired) electrons. The zero-order chi connectivity index (χ0) is 16.4. The van der Waals surface area contributed by atoms with E-state index in [1.807, 2.05) is 54.6 Å². The van der Waals surface area contributed by atoms with Crippen molar-refractivity contribution in [3.63, 3.8) is 0 Å². The van der Waals surface area contributed by atoms with Crippen LogP contribution in [0.4, 0.5) is 0 Å². The fraction of sp³-hybridized carbons (Fsp3) is 0.444. The number of hydrogen-bond donors (Lipinski definition) is 1. The molecular weight excluding hydrogens is 359 g/mol. The molecule has 2 aromatic rings. The van der Waals surface area contributed by atoms with Crippen molar-refractivity contribution in [1.82, 2.24) is 19.8 Å². The third kappa shape index (κ3) is 4.35. The second kappa shape index (κ2) is 9.22. The molecular formula is C18H26Cl2N4O. The van der Waals surface area contributed by atoms with Crippen LogP contribution in [0, 0.1) is 19.8 Å². The van der Waals surface area contributed by atoms with E-state index in [-0.39, 0.29) is 30.7 Å². The van der Waals surface area contributed by atoms with Crippen LogP contribution in [-0.2, 0) is 0 Å². The highest BCUT2D eigenvalue weighted by molar-refractivity contribution is 5.96. The molecule has 7 heteroatoms. The van der Waals surface area contributed by atoms with Gasteiger partial charge in [0.15, 0.2) is 0 Å². The van der Waals surface area contributed by atoms with Crippen LogP contribution in [0.1, 0.15) is 28.2 Å². The summed E-state index contributed by atoms with van der Waals surface area (Å²) in [5, 5.41) is 3.20.